The second-order valence-corrected chi connectivity index (χ2v) is 17.2. The molecule has 0 heterocycles. The highest BCUT2D eigenvalue weighted by atomic mass is 28.4. The lowest BCUT2D eigenvalue weighted by Crippen LogP contribution is -2.44. The second kappa shape index (κ2) is 7.64. The number of carboxylic acids is 1. The van der Waals surface area contributed by atoms with Crippen LogP contribution in [-0.2, 0) is 11.2 Å². The highest BCUT2D eigenvalue weighted by molar-refractivity contribution is 6.74. The first-order chi connectivity index (χ1) is 14.3. The second-order valence-electron chi connectivity index (χ2n) is 12.5. The largest absolute Gasteiger partial charge is 0.543 e. The highest BCUT2D eigenvalue weighted by Crippen LogP contribution is 2.64. The average molecular weight is 443 g/mol. The van der Waals surface area contributed by atoms with E-state index in [0.29, 0.717) is 23.7 Å². The third kappa shape index (κ3) is 3.77. The predicted molar refractivity (Wildman–Crippen MR) is 129 cm³/mol. The first-order valence-electron chi connectivity index (χ1n) is 12.4. The summed E-state index contributed by atoms with van der Waals surface area (Å²) in [6, 6.07) is 6.92. The van der Waals surface area contributed by atoms with Crippen LogP contribution in [0, 0.1) is 29.1 Å². The van der Waals surface area contributed by atoms with E-state index in [9.17, 15) is 9.90 Å². The van der Waals surface area contributed by atoms with Crippen molar-refractivity contribution in [1.29, 1.82) is 0 Å². The number of hydrogen-bond acceptors (Lipinski definition) is 2. The van der Waals surface area contributed by atoms with Gasteiger partial charge in [0.2, 0.25) is 8.32 Å². The minimum Gasteiger partial charge on any atom is -0.543 e. The first kappa shape index (κ1) is 22.9. The van der Waals surface area contributed by atoms with E-state index in [1.54, 1.807) is 5.56 Å². The number of hydrogen-bond donors (Lipinski definition) is 1. The maximum atomic E-state index is 11.7. The highest BCUT2D eigenvalue weighted by Gasteiger charge is 2.56. The van der Waals surface area contributed by atoms with Gasteiger partial charge in [-0.15, -0.1) is 0 Å². The van der Waals surface area contributed by atoms with Gasteiger partial charge in [-0.3, -0.25) is 4.79 Å². The van der Waals surface area contributed by atoms with Gasteiger partial charge in [-0.05, 0) is 109 Å². The monoisotopic (exact) mass is 442 g/mol. The van der Waals surface area contributed by atoms with E-state index in [-0.39, 0.29) is 16.4 Å². The van der Waals surface area contributed by atoms with E-state index in [0.717, 1.165) is 18.6 Å². The van der Waals surface area contributed by atoms with E-state index in [1.807, 2.05) is 6.92 Å². The van der Waals surface area contributed by atoms with Crippen LogP contribution in [0.2, 0.25) is 18.1 Å². The molecule has 4 heteroatoms. The van der Waals surface area contributed by atoms with Crippen LogP contribution in [0.25, 0.3) is 0 Å². The number of aliphatic carboxylic acids is 1. The molecule has 0 aromatic heterocycles. The zero-order chi connectivity index (χ0) is 22.8. The standard InChI is InChI=1S/C27H42O3Si/c1-17(25(28)29)23-12-13-24-22-10-8-18-16-19(30-31(6,7)26(2,3)4)9-11-20(18)21(22)14-15-27(23,24)5/h9,11,16-17,21-24H,8,10,12-15H2,1-7H3,(H,28,29)/t17-,21+,22+,23+,24-,27+/m0/s1. The fraction of sp³-hybridized carbons (Fsp3) is 0.741. The molecular formula is C27H42O3Si. The Labute approximate surface area is 190 Å². The smallest absolute Gasteiger partial charge is 0.306 e. The van der Waals surface area contributed by atoms with Crippen LogP contribution in [0.5, 0.6) is 5.75 Å². The Hall–Kier alpha value is -1.29. The molecule has 2 saturated carbocycles. The Balaban J connectivity index is 1.56. The summed E-state index contributed by atoms with van der Waals surface area (Å²) in [4.78, 5) is 11.7. The van der Waals surface area contributed by atoms with Crippen molar-refractivity contribution < 1.29 is 14.3 Å². The number of fused-ring (bicyclic) bond motifs is 5. The van der Waals surface area contributed by atoms with Gasteiger partial charge < -0.3 is 9.53 Å². The van der Waals surface area contributed by atoms with Crippen molar-refractivity contribution in [3.63, 3.8) is 0 Å². The number of rotatable bonds is 4. The molecule has 0 saturated heterocycles. The van der Waals surface area contributed by atoms with Crippen LogP contribution in [0.3, 0.4) is 0 Å². The van der Waals surface area contributed by atoms with Crippen LogP contribution in [-0.4, -0.2) is 19.4 Å². The van der Waals surface area contributed by atoms with Crippen molar-refractivity contribution in [2.75, 3.05) is 0 Å². The molecule has 3 aliphatic rings. The van der Waals surface area contributed by atoms with Gasteiger partial charge in [-0.1, -0.05) is 40.7 Å². The normalized spacial score (nSPS) is 33.8. The summed E-state index contributed by atoms with van der Waals surface area (Å²) in [6.07, 6.45) is 7.05. The number of carboxylic acid groups (broad SMARTS) is 1. The minimum absolute atomic E-state index is 0.196. The number of carbonyl (C=O) groups is 1. The molecule has 3 nitrogen and oxygen atoms in total. The van der Waals surface area contributed by atoms with Crippen LogP contribution in [0.4, 0.5) is 0 Å². The molecule has 0 bridgehead atoms. The van der Waals surface area contributed by atoms with Crippen molar-refractivity contribution in [1.82, 2.24) is 0 Å². The lowest BCUT2D eigenvalue weighted by Gasteiger charge is -2.51. The van der Waals surface area contributed by atoms with Gasteiger partial charge in [0.25, 0.3) is 0 Å². The molecule has 0 unspecified atom stereocenters. The third-order valence-corrected chi connectivity index (χ3v) is 14.3. The van der Waals surface area contributed by atoms with Crippen molar-refractivity contribution in [3.05, 3.63) is 29.3 Å². The van der Waals surface area contributed by atoms with Crippen molar-refractivity contribution in [2.45, 2.75) is 97.2 Å². The summed E-state index contributed by atoms with van der Waals surface area (Å²) in [5.41, 5.74) is 3.24. The minimum atomic E-state index is -1.83. The zero-order valence-corrected chi connectivity index (χ0v) is 21.6. The van der Waals surface area contributed by atoms with Crippen molar-refractivity contribution >= 4 is 14.3 Å². The first-order valence-corrected chi connectivity index (χ1v) is 15.3. The maximum absolute atomic E-state index is 11.7. The average Bonchev–Trinajstić information content (AvgIpc) is 3.02. The van der Waals surface area contributed by atoms with Gasteiger partial charge in [0.15, 0.2) is 0 Å². The molecule has 4 rings (SSSR count). The summed E-state index contributed by atoms with van der Waals surface area (Å²) >= 11 is 0. The molecule has 0 radical (unpaired) electrons. The molecular weight excluding hydrogens is 400 g/mol. The van der Waals surface area contributed by atoms with Gasteiger partial charge in [-0.2, -0.15) is 0 Å². The lowest BCUT2D eigenvalue weighted by atomic mass is 9.53. The molecule has 3 aliphatic carbocycles. The molecule has 2 fully saturated rings. The number of benzene rings is 1. The summed E-state index contributed by atoms with van der Waals surface area (Å²) in [5, 5.41) is 9.86. The fourth-order valence-corrected chi connectivity index (χ4v) is 8.13. The van der Waals surface area contributed by atoms with Gasteiger partial charge in [-0.25, -0.2) is 0 Å². The Morgan fingerprint density at radius 3 is 2.55 bits per heavy atom. The van der Waals surface area contributed by atoms with Crippen molar-refractivity contribution in [3.8, 4) is 5.75 Å². The SMILES string of the molecule is C[C@H](C(=O)O)[C@H]1CC[C@H]2[C@@H]3CCc4cc(O[Si](C)(C)C(C)(C)C)ccc4[C@H]3CC[C@]12C. The summed E-state index contributed by atoms with van der Waals surface area (Å²) in [6.45, 7) is 15.9. The third-order valence-electron chi connectivity index (χ3n) is 9.94. The quantitative estimate of drug-likeness (QED) is 0.499. The van der Waals surface area contributed by atoms with Gasteiger partial charge in [0.1, 0.15) is 5.75 Å². The van der Waals surface area contributed by atoms with E-state index in [4.69, 9.17) is 4.43 Å². The van der Waals surface area contributed by atoms with Crippen LogP contribution in [0.15, 0.2) is 18.2 Å². The van der Waals surface area contributed by atoms with E-state index in [2.05, 4.69) is 59.0 Å². The van der Waals surface area contributed by atoms with E-state index >= 15 is 0 Å². The molecule has 1 aromatic carbocycles. The summed E-state index contributed by atoms with van der Waals surface area (Å²) in [5.74, 6) is 2.58. The molecule has 0 aliphatic heterocycles. The molecule has 6 atom stereocenters. The van der Waals surface area contributed by atoms with E-state index in [1.165, 1.54) is 31.2 Å². The topological polar surface area (TPSA) is 46.5 Å². The van der Waals surface area contributed by atoms with Gasteiger partial charge in [0.05, 0.1) is 5.92 Å². The van der Waals surface area contributed by atoms with Crippen LogP contribution >= 0.6 is 0 Å². The Bertz CT molecular complexity index is 855. The Kier molecular flexibility index (Phi) is 5.64. The number of aryl methyl sites for hydroxylation is 1. The van der Waals surface area contributed by atoms with Gasteiger partial charge in [0, 0.05) is 0 Å². The summed E-state index contributed by atoms with van der Waals surface area (Å²) in [7, 11) is -1.83. The molecule has 172 valence electrons. The summed E-state index contributed by atoms with van der Waals surface area (Å²) < 4.78 is 6.60. The lowest BCUT2D eigenvalue weighted by molar-refractivity contribution is -0.145. The zero-order valence-electron chi connectivity index (χ0n) is 20.6. The van der Waals surface area contributed by atoms with E-state index < -0.39 is 14.3 Å². The molecule has 1 aromatic rings. The molecule has 0 amide bonds. The van der Waals surface area contributed by atoms with Gasteiger partial charge >= 0.3 is 5.97 Å². The van der Waals surface area contributed by atoms with Crippen molar-refractivity contribution in [2.24, 2.45) is 29.1 Å². The Morgan fingerprint density at radius 2 is 1.90 bits per heavy atom. The predicted octanol–water partition coefficient (Wildman–Crippen LogP) is 7.26. The molecule has 0 spiro atoms. The fourth-order valence-electron chi connectivity index (χ4n) is 7.10. The van der Waals surface area contributed by atoms with Crippen LogP contribution < -0.4 is 4.43 Å². The molecule has 31 heavy (non-hydrogen) atoms. The Morgan fingerprint density at radius 1 is 1.19 bits per heavy atom. The molecule has 1 N–H and O–H groups in total. The maximum Gasteiger partial charge on any atom is 0.306 e. The van der Waals surface area contributed by atoms with Crippen LogP contribution in [0.1, 0.15) is 83.8 Å².